The Morgan fingerprint density at radius 2 is 2.04 bits per heavy atom. The number of halogens is 1. The van der Waals surface area contributed by atoms with Crippen LogP contribution in [0.1, 0.15) is 34.6 Å². The van der Waals surface area contributed by atoms with Gasteiger partial charge in [-0.3, -0.25) is 14.6 Å². The van der Waals surface area contributed by atoms with E-state index in [0.717, 1.165) is 4.90 Å². The fourth-order valence-electron chi connectivity index (χ4n) is 2.70. The van der Waals surface area contributed by atoms with Gasteiger partial charge < -0.3 is 5.32 Å². The number of hydrogen-bond donors (Lipinski definition) is 1. The van der Waals surface area contributed by atoms with Gasteiger partial charge in [0.2, 0.25) is 0 Å². The number of nitrogens with zero attached hydrogens (tertiary/aromatic N) is 3. The Labute approximate surface area is 149 Å². The van der Waals surface area contributed by atoms with E-state index in [9.17, 15) is 14.4 Å². The largest absolute Gasteiger partial charge is 0.338 e. The lowest BCUT2D eigenvalue weighted by Crippen LogP contribution is -2.43. The summed E-state index contributed by atoms with van der Waals surface area (Å²) < 4.78 is 0. The van der Waals surface area contributed by atoms with Crippen molar-refractivity contribution in [3.05, 3.63) is 52.6 Å². The molecule has 2 aromatic rings. The molecule has 1 aromatic carbocycles. The summed E-state index contributed by atoms with van der Waals surface area (Å²) in [4.78, 5) is 47.0. The van der Waals surface area contributed by atoms with Crippen molar-refractivity contribution in [2.45, 2.75) is 19.8 Å². The molecule has 1 aromatic heterocycles. The van der Waals surface area contributed by atoms with Crippen LogP contribution in [-0.4, -0.2) is 34.2 Å². The molecular formula is C17H15ClN4O3. The summed E-state index contributed by atoms with van der Waals surface area (Å²) in [6, 6.07) is 4.07. The first-order valence-electron chi connectivity index (χ1n) is 7.68. The van der Waals surface area contributed by atoms with Crippen molar-refractivity contribution in [1.29, 1.82) is 0 Å². The standard InChI is InChI=1S/C17H15ClN4O3/c1-3-19-17(25)22-13-5-4-10(18)6-11(13)14(16(22)24)15(23)12-8-20-9(2)7-21-12/h4-8,14H,3H2,1-2H3,(H,19,25). The Morgan fingerprint density at radius 1 is 1.28 bits per heavy atom. The topological polar surface area (TPSA) is 92.3 Å². The summed E-state index contributed by atoms with van der Waals surface area (Å²) in [5.74, 6) is -2.32. The van der Waals surface area contributed by atoms with Crippen LogP contribution in [0.5, 0.6) is 0 Å². The quantitative estimate of drug-likeness (QED) is 0.672. The molecule has 0 radical (unpaired) electrons. The minimum Gasteiger partial charge on any atom is -0.338 e. The third kappa shape index (κ3) is 2.98. The van der Waals surface area contributed by atoms with Crippen LogP contribution in [0.2, 0.25) is 5.02 Å². The minimum absolute atomic E-state index is 0.0626. The Balaban J connectivity index is 2.06. The van der Waals surface area contributed by atoms with Crippen molar-refractivity contribution in [2.75, 3.05) is 11.4 Å². The highest BCUT2D eigenvalue weighted by Gasteiger charge is 2.45. The van der Waals surface area contributed by atoms with Gasteiger partial charge in [0.05, 0.1) is 17.6 Å². The highest BCUT2D eigenvalue weighted by Crippen LogP contribution is 2.40. The minimum atomic E-state index is -1.17. The summed E-state index contributed by atoms with van der Waals surface area (Å²) in [7, 11) is 0. The van der Waals surface area contributed by atoms with Gasteiger partial charge in [-0.15, -0.1) is 0 Å². The van der Waals surface area contributed by atoms with Crippen molar-refractivity contribution in [1.82, 2.24) is 15.3 Å². The third-order valence-corrected chi connectivity index (χ3v) is 4.07. The van der Waals surface area contributed by atoms with Crippen LogP contribution in [0.15, 0.2) is 30.6 Å². The van der Waals surface area contributed by atoms with Gasteiger partial charge in [-0.1, -0.05) is 11.6 Å². The van der Waals surface area contributed by atoms with Gasteiger partial charge in [0.25, 0.3) is 5.91 Å². The number of rotatable bonds is 3. The summed E-state index contributed by atoms with van der Waals surface area (Å²) in [6.45, 7) is 3.84. The average molecular weight is 359 g/mol. The number of imide groups is 1. The maximum Gasteiger partial charge on any atom is 0.328 e. The SMILES string of the molecule is CCNC(=O)N1C(=O)C(C(=O)c2cnc(C)cn2)c2cc(Cl)ccc21. The Kier molecular flexibility index (Phi) is 4.50. The van der Waals surface area contributed by atoms with Crippen LogP contribution in [0, 0.1) is 6.92 Å². The molecule has 1 aliphatic heterocycles. The van der Waals surface area contributed by atoms with Gasteiger partial charge in [0.1, 0.15) is 11.6 Å². The van der Waals surface area contributed by atoms with Crippen LogP contribution in [0.3, 0.4) is 0 Å². The number of amides is 3. The summed E-state index contributed by atoms with van der Waals surface area (Å²) in [6.07, 6.45) is 2.77. The number of hydrogen-bond acceptors (Lipinski definition) is 5. The molecule has 1 aliphatic rings. The number of fused-ring (bicyclic) bond motifs is 1. The van der Waals surface area contributed by atoms with Gasteiger partial charge in [0.15, 0.2) is 5.78 Å². The molecule has 0 fully saturated rings. The first kappa shape index (κ1) is 17.0. The molecule has 25 heavy (non-hydrogen) atoms. The number of aryl methyl sites for hydroxylation is 1. The number of urea groups is 1. The molecule has 1 atom stereocenters. The maximum absolute atomic E-state index is 12.8. The number of Topliss-reactive ketones (excluding diaryl/α,β-unsaturated/α-hetero) is 1. The number of nitrogens with one attached hydrogen (secondary N) is 1. The van der Waals surface area contributed by atoms with E-state index >= 15 is 0 Å². The molecule has 0 bridgehead atoms. The van der Waals surface area contributed by atoms with E-state index in [2.05, 4.69) is 15.3 Å². The molecule has 0 aliphatic carbocycles. The van der Waals surface area contributed by atoms with Crippen molar-refractivity contribution in [3.8, 4) is 0 Å². The lowest BCUT2D eigenvalue weighted by molar-refractivity contribution is -0.117. The zero-order chi connectivity index (χ0) is 18.1. The molecule has 3 amide bonds. The zero-order valence-electron chi connectivity index (χ0n) is 13.6. The molecular weight excluding hydrogens is 344 g/mol. The Bertz CT molecular complexity index is 867. The predicted octanol–water partition coefficient (Wildman–Crippen LogP) is 2.48. The van der Waals surface area contributed by atoms with Crippen molar-refractivity contribution >= 4 is 35.0 Å². The lowest BCUT2D eigenvalue weighted by atomic mass is 9.94. The van der Waals surface area contributed by atoms with Gasteiger partial charge >= 0.3 is 6.03 Å². The van der Waals surface area contributed by atoms with Gasteiger partial charge in [-0.2, -0.15) is 0 Å². The van der Waals surface area contributed by atoms with Crippen molar-refractivity contribution < 1.29 is 14.4 Å². The average Bonchev–Trinajstić information content (AvgIpc) is 2.86. The second-order valence-electron chi connectivity index (χ2n) is 5.55. The molecule has 1 N–H and O–H groups in total. The number of aromatic nitrogens is 2. The first-order valence-corrected chi connectivity index (χ1v) is 8.06. The molecule has 8 heteroatoms. The van der Waals surface area contributed by atoms with Crippen molar-refractivity contribution in [2.24, 2.45) is 0 Å². The Hall–Kier alpha value is -2.80. The smallest absolute Gasteiger partial charge is 0.328 e. The molecule has 1 unspecified atom stereocenters. The highest BCUT2D eigenvalue weighted by atomic mass is 35.5. The van der Waals surface area contributed by atoms with Gasteiger partial charge in [-0.05, 0) is 37.6 Å². The first-order chi connectivity index (χ1) is 11.9. The van der Waals surface area contributed by atoms with Crippen molar-refractivity contribution in [3.63, 3.8) is 0 Å². The summed E-state index contributed by atoms with van der Waals surface area (Å²) >= 11 is 6.03. The van der Waals surface area contributed by atoms with Crippen LogP contribution in [0.4, 0.5) is 10.5 Å². The molecule has 128 valence electrons. The van der Waals surface area contributed by atoms with E-state index in [0.29, 0.717) is 28.5 Å². The number of carbonyl (C=O) groups excluding carboxylic acids is 3. The number of benzene rings is 1. The number of anilines is 1. The molecule has 0 saturated carbocycles. The van der Waals surface area contributed by atoms with E-state index in [4.69, 9.17) is 11.6 Å². The number of carbonyl (C=O) groups is 3. The van der Waals surface area contributed by atoms with Crippen LogP contribution < -0.4 is 10.2 Å². The zero-order valence-corrected chi connectivity index (χ0v) is 14.4. The molecule has 7 nitrogen and oxygen atoms in total. The normalized spacial score (nSPS) is 15.9. The van der Waals surface area contributed by atoms with E-state index < -0.39 is 23.6 Å². The third-order valence-electron chi connectivity index (χ3n) is 3.84. The van der Waals surface area contributed by atoms with E-state index in [1.165, 1.54) is 18.5 Å². The monoisotopic (exact) mass is 358 g/mol. The summed E-state index contributed by atoms with van der Waals surface area (Å²) in [5, 5.41) is 2.95. The second-order valence-corrected chi connectivity index (χ2v) is 5.99. The maximum atomic E-state index is 12.8. The van der Waals surface area contributed by atoms with Crippen LogP contribution in [0.25, 0.3) is 0 Å². The van der Waals surface area contributed by atoms with E-state index in [1.807, 2.05) is 0 Å². The molecule has 2 heterocycles. The fraction of sp³-hybridized carbons (Fsp3) is 0.235. The van der Waals surface area contributed by atoms with Gasteiger partial charge in [0, 0.05) is 17.8 Å². The van der Waals surface area contributed by atoms with E-state index in [1.54, 1.807) is 26.0 Å². The molecule has 3 rings (SSSR count). The molecule has 0 spiro atoms. The lowest BCUT2D eigenvalue weighted by Gasteiger charge is -2.16. The van der Waals surface area contributed by atoms with Gasteiger partial charge in [-0.25, -0.2) is 14.7 Å². The molecule has 0 saturated heterocycles. The number of ketones is 1. The predicted molar refractivity (Wildman–Crippen MR) is 91.9 cm³/mol. The van der Waals surface area contributed by atoms with Crippen LogP contribution in [-0.2, 0) is 4.79 Å². The Morgan fingerprint density at radius 3 is 2.68 bits per heavy atom. The van der Waals surface area contributed by atoms with Crippen LogP contribution >= 0.6 is 11.6 Å². The van der Waals surface area contributed by atoms with E-state index in [-0.39, 0.29) is 5.69 Å². The summed E-state index contributed by atoms with van der Waals surface area (Å²) in [5.41, 5.74) is 1.45. The fourth-order valence-corrected chi connectivity index (χ4v) is 2.88. The second kappa shape index (κ2) is 6.60. The highest BCUT2D eigenvalue weighted by molar-refractivity contribution is 6.33.